The lowest BCUT2D eigenvalue weighted by Crippen LogP contribution is -2.40. The van der Waals surface area contributed by atoms with Crippen LogP contribution in [0.15, 0.2) is 23.1 Å². The van der Waals surface area contributed by atoms with Crippen molar-refractivity contribution in [1.82, 2.24) is 9.62 Å². The number of aryl methyl sites for hydroxylation is 1. The summed E-state index contributed by atoms with van der Waals surface area (Å²) < 4.78 is 27.8. The van der Waals surface area contributed by atoms with Crippen LogP contribution in [0.25, 0.3) is 0 Å². The quantitative estimate of drug-likeness (QED) is 0.735. The standard InChI is InChI=1S/C17H25N3O5S/c1-11-5-6-13(9-14(11)26(24,25)19-17(2,3)4)18-16(23)20-8-7-12(10-20)15(21)22/h5-6,9,12,19H,7-8,10H2,1-4H3,(H,18,23)(H,21,22). The summed E-state index contributed by atoms with van der Waals surface area (Å²) in [5.74, 6) is -1.48. The molecule has 1 saturated heterocycles. The second kappa shape index (κ2) is 7.24. The highest BCUT2D eigenvalue weighted by molar-refractivity contribution is 7.89. The number of hydrogen-bond acceptors (Lipinski definition) is 4. The van der Waals surface area contributed by atoms with Gasteiger partial charge in [0.25, 0.3) is 0 Å². The number of benzene rings is 1. The van der Waals surface area contributed by atoms with Crippen molar-refractivity contribution >= 4 is 27.7 Å². The summed E-state index contributed by atoms with van der Waals surface area (Å²) in [6.07, 6.45) is 0.409. The van der Waals surface area contributed by atoms with E-state index in [4.69, 9.17) is 5.11 Å². The van der Waals surface area contributed by atoms with Gasteiger partial charge in [0.15, 0.2) is 0 Å². The maximum absolute atomic E-state index is 12.6. The molecule has 0 spiro atoms. The number of likely N-dealkylation sites (tertiary alicyclic amines) is 1. The predicted molar refractivity (Wildman–Crippen MR) is 97.6 cm³/mol. The molecule has 2 rings (SSSR count). The zero-order valence-electron chi connectivity index (χ0n) is 15.4. The molecule has 1 fully saturated rings. The number of nitrogens with one attached hydrogen (secondary N) is 2. The molecular formula is C17H25N3O5S. The van der Waals surface area contributed by atoms with Crippen molar-refractivity contribution in [2.75, 3.05) is 18.4 Å². The zero-order chi connectivity index (χ0) is 19.7. The second-order valence-electron chi connectivity index (χ2n) is 7.54. The van der Waals surface area contributed by atoms with Crippen molar-refractivity contribution in [3.63, 3.8) is 0 Å². The van der Waals surface area contributed by atoms with Crippen LogP contribution in [0.4, 0.5) is 10.5 Å². The van der Waals surface area contributed by atoms with Gasteiger partial charge in [-0.25, -0.2) is 17.9 Å². The molecule has 3 N–H and O–H groups in total. The smallest absolute Gasteiger partial charge is 0.321 e. The minimum Gasteiger partial charge on any atom is -0.481 e. The molecule has 1 aliphatic rings. The predicted octanol–water partition coefficient (Wildman–Crippen LogP) is 2.01. The Labute approximate surface area is 153 Å². The number of sulfonamides is 1. The van der Waals surface area contributed by atoms with Gasteiger partial charge in [-0.15, -0.1) is 0 Å². The molecule has 9 heteroatoms. The van der Waals surface area contributed by atoms with Crippen LogP contribution in [0.3, 0.4) is 0 Å². The highest BCUT2D eigenvalue weighted by atomic mass is 32.2. The first-order valence-corrected chi connectivity index (χ1v) is 9.81. The molecule has 1 unspecified atom stereocenters. The molecule has 0 bridgehead atoms. The minimum absolute atomic E-state index is 0.0926. The van der Waals surface area contributed by atoms with E-state index in [1.165, 1.54) is 11.0 Å². The number of anilines is 1. The lowest BCUT2D eigenvalue weighted by Gasteiger charge is -2.22. The third-order valence-corrected chi connectivity index (χ3v) is 5.89. The average Bonchev–Trinajstić information content (AvgIpc) is 2.96. The van der Waals surface area contributed by atoms with Gasteiger partial charge in [-0.1, -0.05) is 6.07 Å². The molecule has 1 atom stereocenters. The first-order chi connectivity index (χ1) is 11.9. The van der Waals surface area contributed by atoms with Crippen LogP contribution in [0.1, 0.15) is 32.8 Å². The number of carbonyl (C=O) groups excluding carboxylic acids is 1. The number of amides is 2. The van der Waals surface area contributed by atoms with Crippen molar-refractivity contribution < 1.29 is 23.1 Å². The fraction of sp³-hybridized carbons (Fsp3) is 0.529. The molecule has 1 aromatic carbocycles. The molecule has 0 aromatic heterocycles. The van der Waals surface area contributed by atoms with E-state index in [0.717, 1.165) is 0 Å². The highest BCUT2D eigenvalue weighted by Gasteiger charge is 2.31. The van der Waals surface area contributed by atoms with E-state index in [0.29, 0.717) is 24.2 Å². The molecular weight excluding hydrogens is 358 g/mol. The number of carbonyl (C=O) groups is 2. The van der Waals surface area contributed by atoms with Gasteiger partial charge in [-0.3, -0.25) is 4.79 Å². The summed E-state index contributed by atoms with van der Waals surface area (Å²) in [5.41, 5.74) is 0.270. The molecule has 0 saturated carbocycles. The Kier molecular flexibility index (Phi) is 5.62. The fourth-order valence-corrected chi connectivity index (χ4v) is 4.46. The van der Waals surface area contributed by atoms with E-state index < -0.39 is 33.5 Å². The van der Waals surface area contributed by atoms with Crippen molar-refractivity contribution in [3.05, 3.63) is 23.8 Å². The van der Waals surface area contributed by atoms with E-state index in [1.807, 2.05) is 0 Å². The lowest BCUT2D eigenvalue weighted by molar-refractivity contribution is -0.141. The third kappa shape index (κ3) is 4.95. The first-order valence-electron chi connectivity index (χ1n) is 8.32. The summed E-state index contributed by atoms with van der Waals surface area (Å²) in [6, 6.07) is 4.21. The van der Waals surface area contributed by atoms with E-state index in [1.54, 1.807) is 39.8 Å². The van der Waals surface area contributed by atoms with E-state index >= 15 is 0 Å². The monoisotopic (exact) mass is 383 g/mol. The summed E-state index contributed by atoms with van der Waals surface area (Å²) in [6.45, 7) is 7.42. The molecule has 1 heterocycles. The Morgan fingerprint density at radius 3 is 2.46 bits per heavy atom. The van der Waals surface area contributed by atoms with E-state index in [9.17, 15) is 18.0 Å². The van der Waals surface area contributed by atoms with Crippen LogP contribution in [0, 0.1) is 12.8 Å². The second-order valence-corrected chi connectivity index (χ2v) is 9.19. The van der Waals surface area contributed by atoms with Crippen LogP contribution < -0.4 is 10.0 Å². The SMILES string of the molecule is Cc1ccc(NC(=O)N2CCC(C(=O)O)C2)cc1S(=O)(=O)NC(C)(C)C. The van der Waals surface area contributed by atoms with Crippen LogP contribution >= 0.6 is 0 Å². The van der Waals surface area contributed by atoms with Crippen molar-refractivity contribution in [3.8, 4) is 0 Å². The number of nitrogens with zero attached hydrogens (tertiary/aromatic N) is 1. The number of aliphatic carboxylic acids is 1. The molecule has 144 valence electrons. The van der Waals surface area contributed by atoms with Crippen molar-refractivity contribution in [1.29, 1.82) is 0 Å². The Hall–Kier alpha value is -2.13. The maximum Gasteiger partial charge on any atom is 0.321 e. The number of carboxylic acid groups (broad SMARTS) is 1. The average molecular weight is 383 g/mol. The van der Waals surface area contributed by atoms with Gasteiger partial charge < -0.3 is 15.3 Å². The Balaban J connectivity index is 2.17. The Bertz CT molecular complexity index is 814. The molecule has 1 aromatic rings. The topological polar surface area (TPSA) is 116 Å². The van der Waals surface area contributed by atoms with Crippen LogP contribution in [-0.2, 0) is 14.8 Å². The lowest BCUT2D eigenvalue weighted by atomic mass is 10.1. The Morgan fingerprint density at radius 1 is 1.27 bits per heavy atom. The summed E-state index contributed by atoms with van der Waals surface area (Å²) in [5, 5.41) is 11.7. The number of carboxylic acids is 1. The summed E-state index contributed by atoms with van der Waals surface area (Å²) >= 11 is 0. The molecule has 0 aliphatic carbocycles. The van der Waals surface area contributed by atoms with E-state index in [2.05, 4.69) is 10.0 Å². The summed E-state index contributed by atoms with van der Waals surface area (Å²) in [4.78, 5) is 24.8. The molecule has 0 radical (unpaired) electrons. The van der Waals surface area contributed by atoms with Crippen LogP contribution in [-0.4, -0.2) is 49.1 Å². The Morgan fingerprint density at radius 2 is 1.92 bits per heavy atom. The largest absolute Gasteiger partial charge is 0.481 e. The molecule has 1 aliphatic heterocycles. The molecule has 8 nitrogen and oxygen atoms in total. The molecule has 26 heavy (non-hydrogen) atoms. The van der Waals surface area contributed by atoms with Gasteiger partial charge in [0.2, 0.25) is 10.0 Å². The van der Waals surface area contributed by atoms with Gasteiger partial charge >= 0.3 is 12.0 Å². The van der Waals surface area contributed by atoms with Gasteiger partial charge in [0, 0.05) is 24.3 Å². The number of hydrogen-bond donors (Lipinski definition) is 3. The van der Waals surface area contributed by atoms with Gasteiger partial charge in [-0.2, -0.15) is 0 Å². The maximum atomic E-state index is 12.6. The van der Waals surface area contributed by atoms with Gasteiger partial charge in [0.05, 0.1) is 10.8 Å². The van der Waals surface area contributed by atoms with Gasteiger partial charge in [-0.05, 0) is 51.8 Å². The normalized spacial score (nSPS) is 18.0. The minimum atomic E-state index is -3.74. The van der Waals surface area contributed by atoms with Crippen LogP contribution in [0.2, 0.25) is 0 Å². The van der Waals surface area contributed by atoms with Crippen molar-refractivity contribution in [2.45, 2.75) is 44.6 Å². The third-order valence-electron chi connectivity index (χ3n) is 3.99. The van der Waals surface area contributed by atoms with Crippen LogP contribution in [0.5, 0.6) is 0 Å². The summed E-state index contributed by atoms with van der Waals surface area (Å²) in [7, 11) is -3.74. The van der Waals surface area contributed by atoms with E-state index in [-0.39, 0.29) is 11.4 Å². The van der Waals surface area contributed by atoms with Crippen molar-refractivity contribution in [2.24, 2.45) is 5.92 Å². The first kappa shape index (κ1) is 20.2. The highest BCUT2D eigenvalue weighted by Crippen LogP contribution is 2.23. The molecule has 2 amide bonds. The fourth-order valence-electron chi connectivity index (χ4n) is 2.77. The number of urea groups is 1. The van der Waals surface area contributed by atoms with Gasteiger partial charge in [0.1, 0.15) is 0 Å². The zero-order valence-corrected chi connectivity index (χ0v) is 16.2. The number of rotatable bonds is 4.